The Morgan fingerprint density at radius 1 is 1.11 bits per heavy atom. The molecule has 2 aromatic carbocycles. The molecule has 210 valence electrons. The molecule has 1 aliphatic rings. The lowest BCUT2D eigenvalue weighted by molar-refractivity contribution is -0.148. The number of rotatable bonds is 10. The largest absolute Gasteiger partial charge is 0.462 e. The summed E-state index contributed by atoms with van der Waals surface area (Å²) < 4.78 is 49.3. The van der Waals surface area contributed by atoms with E-state index < -0.39 is 28.0 Å². The average Bonchev–Trinajstić information content (AvgIpc) is 2.93. The van der Waals surface area contributed by atoms with E-state index in [2.05, 4.69) is 13.8 Å². The van der Waals surface area contributed by atoms with Crippen molar-refractivity contribution in [3.8, 4) is 5.75 Å². The van der Waals surface area contributed by atoms with E-state index in [0.717, 1.165) is 56.6 Å². The third-order valence-corrected chi connectivity index (χ3v) is 8.70. The van der Waals surface area contributed by atoms with E-state index in [4.69, 9.17) is 9.47 Å². The summed E-state index contributed by atoms with van der Waals surface area (Å²) in [5.74, 6) is -1.27. The molecule has 2 aromatic rings. The monoisotopic (exact) mass is 547 g/mol. The fourth-order valence-electron chi connectivity index (χ4n) is 4.93. The molecule has 0 atom stereocenters. The van der Waals surface area contributed by atoms with Crippen molar-refractivity contribution < 1.29 is 27.8 Å². The fourth-order valence-corrected chi connectivity index (χ4v) is 7.12. The first-order valence-corrected chi connectivity index (χ1v) is 15.1. The molecule has 0 spiro atoms. The number of hydrogen-bond donors (Lipinski definition) is 2. The summed E-state index contributed by atoms with van der Waals surface area (Å²) in [5, 5.41) is 0. The third-order valence-electron chi connectivity index (χ3n) is 6.65. The molecule has 2 N–H and O–H groups in total. The Morgan fingerprint density at radius 2 is 1.74 bits per heavy atom. The average molecular weight is 548 g/mol. The Bertz CT molecular complexity index is 1110. The first kappa shape index (κ1) is 30.0. The Morgan fingerprint density at radius 3 is 2.32 bits per heavy atom. The van der Waals surface area contributed by atoms with E-state index in [9.17, 15) is 13.9 Å². The van der Waals surface area contributed by atoms with Crippen LogP contribution in [0.4, 0.5) is 15.8 Å². The molecule has 0 fully saturated rings. The van der Waals surface area contributed by atoms with Gasteiger partial charge in [-0.25, -0.2) is 9.18 Å². The summed E-state index contributed by atoms with van der Waals surface area (Å²) >= 11 is 0. The van der Waals surface area contributed by atoms with Crippen molar-refractivity contribution in [1.82, 2.24) is 0 Å². The number of nitrogens with zero attached hydrogens (tertiary/aromatic N) is 1. The quantitative estimate of drug-likeness (QED) is 0.176. The molecule has 38 heavy (non-hydrogen) atoms. The van der Waals surface area contributed by atoms with Gasteiger partial charge in [0.15, 0.2) is 11.6 Å². The van der Waals surface area contributed by atoms with E-state index in [1.54, 1.807) is 20.8 Å². The van der Waals surface area contributed by atoms with Gasteiger partial charge in [-0.1, -0.05) is 57.7 Å². The van der Waals surface area contributed by atoms with Gasteiger partial charge < -0.3 is 14.4 Å². The highest BCUT2D eigenvalue weighted by molar-refractivity contribution is 8.24. The van der Waals surface area contributed by atoms with Crippen LogP contribution in [0.25, 0.3) is 0 Å². The van der Waals surface area contributed by atoms with Gasteiger partial charge >= 0.3 is 5.97 Å². The molecule has 1 aliphatic heterocycles. The number of benzene rings is 2. The van der Waals surface area contributed by atoms with E-state index >= 15 is 4.39 Å². The van der Waals surface area contributed by atoms with Crippen LogP contribution < -0.4 is 9.64 Å². The van der Waals surface area contributed by atoms with Crippen molar-refractivity contribution in [3.63, 3.8) is 0 Å². The van der Waals surface area contributed by atoms with Crippen LogP contribution in [0.2, 0.25) is 0 Å². The van der Waals surface area contributed by atoms with Gasteiger partial charge in [-0.3, -0.25) is 9.11 Å². The summed E-state index contributed by atoms with van der Waals surface area (Å²) in [4.78, 5) is 14.3. The zero-order chi connectivity index (χ0) is 28.0. The maximum atomic E-state index is 15.4. The predicted molar refractivity (Wildman–Crippen MR) is 153 cm³/mol. The number of para-hydroxylation sites is 1. The first-order valence-electron chi connectivity index (χ1n) is 13.4. The molecule has 0 saturated heterocycles. The smallest absolute Gasteiger partial charge is 0.334 e. The summed E-state index contributed by atoms with van der Waals surface area (Å²) in [6.45, 7) is 10.1. The lowest BCUT2D eigenvalue weighted by Crippen LogP contribution is -2.37. The Labute approximate surface area is 228 Å². The molecular weight excluding hydrogens is 505 g/mol. The Hall–Kier alpha value is -2.55. The molecule has 0 saturated carbocycles. The number of halogens is 1. The predicted octanol–water partition coefficient (Wildman–Crippen LogP) is 8.69. The minimum atomic E-state index is -3.30. The molecule has 1 heterocycles. The maximum Gasteiger partial charge on any atom is 0.334 e. The third kappa shape index (κ3) is 7.74. The van der Waals surface area contributed by atoms with Crippen LogP contribution in [0.5, 0.6) is 5.75 Å². The number of hydrogen-bond acceptors (Lipinski definition) is 6. The van der Waals surface area contributed by atoms with Crippen molar-refractivity contribution in [2.75, 3.05) is 17.2 Å². The second-order valence-corrected chi connectivity index (χ2v) is 13.2. The molecule has 3 rings (SSSR count). The van der Waals surface area contributed by atoms with Gasteiger partial charge in [0.1, 0.15) is 5.60 Å². The van der Waals surface area contributed by atoms with Crippen LogP contribution in [-0.4, -0.2) is 33.0 Å². The molecule has 0 aliphatic carbocycles. The lowest BCUT2D eigenvalue weighted by Gasteiger charge is -2.42. The van der Waals surface area contributed by atoms with Crippen molar-refractivity contribution in [2.45, 2.75) is 83.6 Å². The zero-order valence-electron chi connectivity index (χ0n) is 23.2. The maximum absolute atomic E-state index is 15.4. The number of carbonyl (C=O) groups excluding carboxylic acids is 1. The highest BCUT2D eigenvalue weighted by Crippen LogP contribution is 2.61. The minimum Gasteiger partial charge on any atom is -0.462 e. The van der Waals surface area contributed by atoms with Gasteiger partial charge in [0.25, 0.3) is 0 Å². The van der Waals surface area contributed by atoms with E-state index in [1.165, 1.54) is 12.1 Å². The van der Waals surface area contributed by atoms with Gasteiger partial charge in [-0.2, -0.15) is 10.6 Å². The normalized spacial score (nSPS) is 17.5. The fraction of sp³-hybridized carbons (Fsp3) is 0.500. The summed E-state index contributed by atoms with van der Waals surface area (Å²) in [6, 6.07) is 12.4. The topological polar surface area (TPSA) is 79.2 Å². The van der Waals surface area contributed by atoms with Crippen molar-refractivity contribution in [2.24, 2.45) is 5.41 Å². The zero-order valence-corrected chi connectivity index (χ0v) is 24.0. The lowest BCUT2D eigenvalue weighted by atomic mass is 9.79. The van der Waals surface area contributed by atoms with Crippen LogP contribution in [0.15, 0.2) is 59.7 Å². The van der Waals surface area contributed by atoms with Crippen molar-refractivity contribution in [1.29, 1.82) is 0 Å². The Balaban J connectivity index is 2.07. The van der Waals surface area contributed by atoms with Crippen LogP contribution in [-0.2, 0) is 9.53 Å². The number of unbranched alkanes of at least 4 members (excludes halogenated alkanes) is 2. The van der Waals surface area contributed by atoms with Crippen LogP contribution in [0, 0.1) is 11.2 Å². The van der Waals surface area contributed by atoms with Gasteiger partial charge in [0, 0.05) is 35.5 Å². The van der Waals surface area contributed by atoms with Gasteiger partial charge in [-0.05, 0) is 45.7 Å². The summed E-state index contributed by atoms with van der Waals surface area (Å²) in [7, 11) is -3.30. The van der Waals surface area contributed by atoms with E-state index in [1.807, 2.05) is 35.2 Å². The highest BCUT2D eigenvalue weighted by atomic mass is 32.3. The van der Waals surface area contributed by atoms with Crippen LogP contribution >= 0.6 is 10.6 Å². The van der Waals surface area contributed by atoms with Crippen LogP contribution in [0.1, 0.15) is 73.1 Å². The molecule has 6 nitrogen and oxygen atoms in total. The van der Waals surface area contributed by atoms with E-state index in [0.29, 0.717) is 12.2 Å². The minimum absolute atomic E-state index is 0.189. The number of carbonyl (C=O) groups is 1. The van der Waals surface area contributed by atoms with Gasteiger partial charge in [0.05, 0.1) is 22.9 Å². The molecular formula is C30H42FNO5S. The first-order chi connectivity index (χ1) is 17.9. The van der Waals surface area contributed by atoms with Crippen LogP contribution in [0.3, 0.4) is 0 Å². The summed E-state index contributed by atoms with van der Waals surface area (Å²) in [6.07, 6.45) is 7.77. The SMILES string of the molecule is CCCCC1(CCCC)CN(c2ccccc2)c2cc(F)c(O/C=C/C(=O)OC(C)(C)C)cc2S(O)(O)C1. The van der Waals surface area contributed by atoms with Crippen molar-refractivity contribution >= 4 is 27.9 Å². The number of esters is 1. The molecule has 0 radical (unpaired) electrons. The molecule has 0 bridgehead atoms. The van der Waals surface area contributed by atoms with Gasteiger partial charge in [-0.15, -0.1) is 0 Å². The second kappa shape index (κ2) is 12.5. The van der Waals surface area contributed by atoms with Crippen molar-refractivity contribution in [3.05, 3.63) is 60.6 Å². The van der Waals surface area contributed by atoms with E-state index in [-0.39, 0.29) is 21.8 Å². The number of anilines is 2. The second-order valence-electron chi connectivity index (χ2n) is 11.1. The molecule has 8 heteroatoms. The molecule has 0 unspecified atom stereocenters. The highest BCUT2D eigenvalue weighted by Gasteiger charge is 2.42. The van der Waals surface area contributed by atoms with Gasteiger partial charge in [0.2, 0.25) is 0 Å². The molecule has 0 amide bonds. The number of ether oxygens (including phenoxy) is 2. The molecule has 0 aromatic heterocycles. The summed E-state index contributed by atoms with van der Waals surface area (Å²) in [5.41, 5.74) is 0.262. The number of fused-ring (bicyclic) bond motifs is 1. The Kier molecular flexibility index (Phi) is 9.90. The standard InChI is InChI=1S/C30H42FNO5S/c1-6-8-16-30(17-9-7-2)21-32(23-13-11-10-12-14-23)25-19-24(31)26(20-27(25)38(34,35)22-30)36-18-15-28(33)37-29(3,4)5/h10-15,18-20,34-35H,6-9,16-17,21-22H2,1-5H3/b18-15+.